The van der Waals surface area contributed by atoms with E-state index in [-0.39, 0.29) is 5.82 Å². The van der Waals surface area contributed by atoms with Crippen molar-refractivity contribution in [2.45, 2.75) is 27.2 Å². The lowest BCUT2D eigenvalue weighted by Crippen LogP contribution is -1.94. The minimum absolute atomic E-state index is 0.228. The van der Waals surface area contributed by atoms with Crippen LogP contribution in [0.2, 0.25) is 0 Å². The van der Waals surface area contributed by atoms with Gasteiger partial charge in [0.15, 0.2) is 0 Å². The van der Waals surface area contributed by atoms with E-state index in [9.17, 15) is 4.39 Å². The van der Waals surface area contributed by atoms with Gasteiger partial charge in [0.05, 0.1) is 11.0 Å². The van der Waals surface area contributed by atoms with Gasteiger partial charge in [0, 0.05) is 19.5 Å². The fourth-order valence-corrected chi connectivity index (χ4v) is 1.54. The molecule has 0 radical (unpaired) electrons. The Kier molecular flexibility index (Phi) is 3.83. The number of nitrogens with zero attached hydrogens (tertiary/aromatic N) is 2. The summed E-state index contributed by atoms with van der Waals surface area (Å²) >= 11 is 0. The first-order valence-corrected chi connectivity index (χ1v) is 5.33. The molecule has 1 heterocycles. The number of benzene rings is 1. The molecule has 2 rings (SSSR count). The van der Waals surface area contributed by atoms with Crippen LogP contribution in [-0.2, 0) is 13.5 Å². The smallest absolute Gasteiger partial charge is 0.125 e. The van der Waals surface area contributed by atoms with Crippen LogP contribution in [0.1, 0.15) is 26.6 Å². The highest BCUT2D eigenvalue weighted by Crippen LogP contribution is 2.16. The second-order valence-electron chi connectivity index (χ2n) is 3.07. The molecule has 0 saturated carbocycles. The molecule has 2 nitrogen and oxygen atoms in total. The van der Waals surface area contributed by atoms with Gasteiger partial charge in [-0.3, -0.25) is 0 Å². The van der Waals surface area contributed by atoms with Crippen LogP contribution in [0.25, 0.3) is 11.0 Å². The van der Waals surface area contributed by atoms with Gasteiger partial charge in [0.25, 0.3) is 0 Å². The van der Waals surface area contributed by atoms with Crippen LogP contribution in [0.15, 0.2) is 18.2 Å². The van der Waals surface area contributed by atoms with Crippen molar-refractivity contribution in [1.29, 1.82) is 0 Å². The Hall–Kier alpha value is -1.38. The van der Waals surface area contributed by atoms with Crippen LogP contribution in [-0.4, -0.2) is 9.55 Å². The van der Waals surface area contributed by atoms with Crippen molar-refractivity contribution in [3.63, 3.8) is 0 Å². The third-order valence-electron chi connectivity index (χ3n) is 2.25. The van der Waals surface area contributed by atoms with Crippen molar-refractivity contribution in [2.75, 3.05) is 0 Å². The lowest BCUT2D eigenvalue weighted by atomic mass is 10.3. The Balaban J connectivity index is 0.000000531. The van der Waals surface area contributed by atoms with Crippen molar-refractivity contribution in [3.8, 4) is 0 Å². The summed E-state index contributed by atoms with van der Waals surface area (Å²) in [6.07, 6.45) is 0.868. The molecule has 0 aliphatic heterocycles. The maximum Gasteiger partial charge on any atom is 0.125 e. The van der Waals surface area contributed by atoms with Crippen LogP contribution in [0.4, 0.5) is 4.39 Å². The molecule has 1 aromatic carbocycles. The summed E-state index contributed by atoms with van der Waals surface area (Å²) in [5, 5.41) is 0. The number of aromatic nitrogens is 2. The highest BCUT2D eigenvalue weighted by molar-refractivity contribution is 5.75. The van der Waals surface area contributed by atoms with Crippen molar-refractivity contribution in [1.82, 2.24) is 9.55 Å². The van der Waals surface area contributed by atoms with Crippen LogP contribution in [0.5, 0.6) is 0 Å². The van der Waals surface area contributed by atoms with E-state index in [1.807, 2.05) is 32.4 Å². The molecule has 2 aromatic rings. The first-order chi connectivity index (χ1) is 7.22. The molecule has 0 aliphatic rings. The number of fused-ring (bicyclic) bond motifs is 1. The Morgan fingerprint density at radius 2 is 2.00 bits per heavy atom. The standard InChI is InChI=1S/C10H11FN2.C2H6/c1-3-10-12-8-6-7(11)4-5-9(8)13(10)2;1-2/h4-6H,3H2,1-2H3;1-2H3. The van der Waals surface area contributed by atoms with E-state index in [0.29, 0.717) is 0 Å². The van der Waals surface area contributed by atoms with Crippen LogP contribution in [0, 0.1) is 5.82 Å². The van der Waals surface area contributed by atoms with Gasteiger partial charge in [0.2, 0.25) is 0 Å². The second-order valence-corrected chi connectivity index (χ2v) is 3.07. The van der Waals surface area contributed by atoms with E-state index < -0.39 is 0 Å². The van der Waals surface area contributed by atoms with Gasteiger partial charge in [-0.15, -0.1) is 0 Å². The van der Waals surface area contributed by atoms with E-state index in [1.165, 1.54) is 12.1 Å². The Labute approximate surface area is 89.7 Å². The topological polar surface area (TPSA) is 17.8 Å². The lowest BCUT2D eigenvalue weighted by Gasteiger charge is -1.97. The van der Waals surface area contributed by atoms with Gasteiger partial charge in [0.1, 0.15) is 11.6 Å². The number of aryl methyl sites for hydroxylation is 2. The molecule has 0 spiro atoms. The summed E-state index contributed by atoms with van der Waals surface area (Å²) in [6.45, 7) is 6.04. The SMILES string of the molecule is CC.CCc1nc2cc(F)ccc2n1C. The van der Waals surface area contributed by atoms with Gasteiger partial charge in [-0.2, -0.15) is 0 Å². The molecule has 0 unspecified atom stereocenters. The first-order valence-electron chi connectivity index (χ1n) is 5.33. The molecule has 0 N–H and O–H groups in total. The average molecular weight is 208 g/mol. The Bertz CT molecular complexity index is 446. The number of rotatable bonds is 1. The average Bonchev–Trinajstić information content (AvgIpc) is 2.58. The minimum Gasteiger partial charge on any atom is -0.331 e. The molecule has 15 heavy (non-hydrogen) atoms. The van der Waals surface area contributed by atoms with E-state index in [0.717, 1.165) is 23.3 Å². The summed E-state index contributed by atoms with van der Waals surface area (Å²) in [4.78, 5) is 4.31. The van der Waals surface area contributed by atoms with Gasteiger partial charge in [-0.1, -0.05) is 20.8 Å². The summed E-state index contributed by atoms with van der Waals surface area (Å²) in [7, 11) is 1.95. The van der Waals surface area contributed by atoms with Crippen LogP contribution in [0.3, 0.4) is 0 Å². The monoisotopic (exact) mass is 208 g/mol. The normalized spacial score (nSPS) is 9.93. The van der Waals surface area contributed by atoms with Crippen LogP contribution >= 0.6 is 0 Å². The maximum absolute atomic E-state index is 12.8. The highest BCUT2D eigenvalue weighted by Gasteiger charge is 2.05. The summed E-state index contributed by atoms with van der Waals surface area (Å²) in [5.41, 5.74) is 1.72. The molecule has 82 valence electrons. The van der Waals surface area contributed by atoms with Crippen molar-refractivity contribution < 1.29 is 4.39 Å². The zero-order chi connectivity index (χ0) is 11.4. The van der Waals surface area contributed by atoms with Gasteiger partial charge in [-0.05, 0) is 12.1 Å². The zero-order valence-corrected chi connectivity index (χ0v) is 9.71. The van der Waals surface area contributed by atoms with Crippen LogP contribution < -0.4 is 0 Å². The summed E-state index contributed by atoms with van der Waals surface area (Å²) < 4.78 is 14.8. The van der Waals surface area contributed by atoms with Crippen molar-refractivity contribution in [3.05, 3.63) is 29.8 Å². The zero-order valence-electron chi connectivity index (χ0n) is 9.71. The summed E-state index contributed by atoms with van der Waals surface area (Å²) in [5.74, 6) is 0.758. The van der Waals surface area contributed by atoms with Gasteiger partial charge >= 0.3 is 0 Å². The second kappa shape index (κ2) is 4.91. The third kappa shape index (κ3) is 2.17. The Morgan fingerprint density at radius 3 is 2.60 bits per heavy atom. The number of halogens is 1. The first kappa shape index (κ1) is 11.7. The van der Waals surface area contributed by atoms with E-state index in [1.54, 1.807) is 6.07 Å². The van der Waals surface area contributed by atoms with Gasteiger partial charge in [-0.25, -0.2) is 9.37 Å². The molecule has 3 heteroatoms. The fourth-order valence-electron chi connectivity index (χ4n) is 1.54. The molecule has 0 saturated heterocycles. The van der Waals surface area contributed by atoms with E-state index >= 15 is 0 Å². The molecule has 0 amide bonds. The van der Waals surface area contributed by atoms with E-state index in [2.05, 4.69) is 4.98 Å². The molecule has 0 fully saturated rings. The van der Waals surface area contributed by atoms with E-state index in [4.69, 9.17) is 0 Å². The molecule has 0 aliphatic carbocycles. The number of hydrogen-bond donors (Lipinski definition) is 0. The third-order valence-corrected chi connectivity index (χ3v) is 2.25. The molecule has 1 aromatic heterocycles. The summed E-state index contributed by atoms with van der Waals surface area (Å²) in [6, 6.07) is 4.69. The molecule has 0 atom stereocenters. The molecular weight excluding hydrogens is 191 g/mol. The van der Waals surface area contributed by atoms with Gasteiger partial charge < -0.3 is 4.57 Å². The Morgan fingerprint density at radius 1 is 1.33 bits per heavy atom. The molecular formula is C12H17FN2. The fraction of sp³-hybridized carbons (Fsp3) is 0.417. The highest BCUT2D eigenvalue weighted by atomic mass is 19.1. The quantitative estimate of drug-likeness (QED) is 0.703. The minimum atomic E-state index is -0.228. The van der Waals surface area contributed by atoms with Crippen molar-refractivity contribution in [2.24, 2.45) is 7.05 Å². The number of imidazole rings is 1. The maximum atomic E-state index is 12.8. The lowest BCUT2D eigenvalue weighted by molar-refractivity contribution is 0.629. The number of hydrogen-bond acceptors (Lipinski definition) is 1. The molecule has 0 bridgehead atoms. The predicted octanol–water partition coefficient (Wildman–Crippen LogP) is 3.30. The predicted molar refractivity (Wildman–Crippen MR) is 61.4 cm³/mol. The largest absolute Gasteiger partial charge is 0.331 e. The van der Waals surface area contributed by atoms with Crippen molar-refractivity contribution >= 4 is 11.0 Å².